The van der Waals surface area contributed by atoms with Crippen LogP contribution in [0.4, 0.5) is 0 Å². The topological polar surface area (TPSA) is 71.8 Å². The number of rotatable bonds is 2. The molecule has 3 heterocycles. The average Bonchev–Trinajstić information content (AvgIpc) is 2.85. The smallest absolute Gasteiger partial charge is 0.259 e. The molecule has 0 aliphatic rings. The first kappa shape index (κ1) is 12.1. The van der Waals surface area contributed by atoms with Crippen LogP contribution in [0.5, 0.6) is 0 Å². The molecule has 5 nitrogen and oxygen atoms in total. The molecule has 6 heteroatoms. The third-order valence-corrected chi connectivity index (χ3v) is 4.20. The van der Waals surface area contributed by atoms with Crippen LogP contribution in [0, 0.1) is 20.8 Å². The molecule has 19 heavy (non-hydrogen) atoms. The first-order chi connectivity index (χ1) is 9.04. The Labute approximate surface area is 113 Å². The van der Waals surface area contributed by atoms with E-state index in [0.717, 1.165) is 15.3 Å². The number of aryl methyl sites for hydroxylation is 3. The summed E-state index contributed by atoms with van der Waals surface area (Å²) in [6.07, 6.45) is 2.10. The van der Waals surface area contributed by atoms with Crippen LogP contribution >= 0.6 is 11.3 Å². The summed E-state index contributed by atoms with van der Waals surface area (Å²) >= 11 is 1.55. The van der Waals surface area contributed by atoms with Gasteiger partial charge in [-0.25, -0.2) is 9.97 Å². The van der Waals surface area contributed by atoms with Crippen LogP contribution in [0.2, 0.25) is 0 Å². The Morgan fingerprint density at radius 3 is 2.84 bits per heavy atom. The average molecular weight is 275 g/mol. The summed E-state index contributed by atoms with van der Waals surface area (Å²) in [6.45, 7) is 5.74. The molecule has 0 saturated carbocycles. The number of nitrogens with zero attached hydrogens (tertiary/aromatic N) is 2. The van der Waals surface area contributed by atoms with Crippen molar-refractivity contribution in [3.63, 3.8) is 0 Å². The van der Waals surface area contributed by atoms with Crippen molar-refractivity contribution in [3.8, 4) is 0 Å². The van der Waals surface area contributed by atoms with Crippen molar-refractivity contribution in [2.45, 2.75) is 27.2 Å². The van der Waals surface area contributed by atoms with Gasteiger partial charge < -0.3 is 9.40 Å². The van der Waals surface area contributed by atoms with Gasteiger partial charge in [0.25, 0.3) is 5.56 Å². The third-order valence-electron chi connectivity index (χ3n) is 3.10. The van der Waals surface area contributed by atoms with Gasteiger partial charge in [0.15, 0.2) is 5.89 Å². The molecule has 0 saturated heterocycles. The fourth-order valence-electron chi connectivity index (χ4n) is 2.04. The predicted molar refractivity (Wildman–Crippen MR) is 73.8 cm³/mol. The highest BCUT2D eigenvalue weighted by atomic mass is 32.1. The lowest BCUT2D eigenvalue weighted by atomic mass is 10.2. The van der Waals surface area contributed by atoms with Crippen molar-refractivity contribution in [1.29, 1.82) is 0 Å². The van der Waals surface area contributed by atoms with E-state index in [2.05, 4.69) is 15.0 Å². The van der Waals surface area contributed by atoms with Crippen molar-refractivity contribution in [3.05, 3.63) is 44.5 Å². The number of aromatic nitrogens is 3. The zero-order valence-corrected chi connectivity index (χ0v) is 11.7. The highest BCUT2D eigenvalue weighted by molar-refractivity contribution is 7.18. The summed E-state index contributed by atoms with van der Waals surface area (Å²) < 4.78 is 5.40. The van der Waals surface area contributed by atoms with Gasteiger partial charge in [-0.05, 0) is 19.4 Å². The second kappa shape index (κ2) is 4.31. The molecule has 3 rings (SSSR count). The minimum Gasteiger partial charge on any atom is -0.446 e. The Hall–Kier alpha value is -1.95. The second-order valence-corrected chi connectivity index (χ2v) is 5.70. The van der Waals surface area contributed by atoms with E-state index in [1.165, 1.54) is 0 Å². The lowest BCUT2D eigenvalue weighted by molar-refractivity contribution is 0.481. The minimum atomic E-state index is -0.0851. The Morgan fingerprint density at radius 1 is 1.37 bits per heavy atom. The van der Waals surface area contributed by atoms with Gasteiger partial charge in [0, 0.05) is 11.8 Å². The van der Waals surface area contributed by atoms with E-state index in [9.17, 15) is 4.79 Å². The number of H-pyrrole nitrogens is 1. The summed E-state index contributed by atoms with van der Waals surface area (Å²) in [7, 11) is 0. The summed E-state index contributed by atoms with van der Waals surface area (Å²) in [4.78, 5) is 25.3. The molecule has 3 aromatic heterocycles. The highest BCUT2D eigenvalue weighted by Gasteiger charge is 2.12. The molecule has 0 aromatic carbocycles. The molecule has 0 atom stereocenters. The molecule has 0 fully saturated rings. The highest BCUT2D eigenvalue weighted by Crippen LogP contribution is 2.25. The van der Waals surface area contributed by atoms with Crippen LogP contribution in [-0.4, -0.2) is 15.0 Å². The molecule has 0 spiro atoms. The lowest BCUT2D eigenvalue weighted by Gasteiger charge is -1.98. The molecular weight excluding hydrogens is 262 g/mol. The van der Waals surface area contributed by atoms with Gasteiger partial charge >= 0.3 is 0 Å². The number of oxazole rings is 1. The number of hydrogen-bond donors (Lipinski definition) is 1. The fourth-order valence-corrected chi connectivity index (χ4v) is 3.08. The molecule has 1 N–H and O–H groups in total. The number of hydrogen-bond acceptors (Lipinski definition) is 5. The molecule has 0 aliphatic carbocycles. The Balaban J connectivity index is 2.08. The molecule has 0 radical (unpaired) electrons. The van der Waals surface area contributed by atoms with Gasteiger partial charge in [0.05, 0.1) is 18.0 Å². The van der Waals surface area contributed by atoms with Gasteiger partial charge in [0.2, 0.25) is 0 Å². The van der Waals surface area contributed by atoms with Crippen LogP contribution in [-0.2, 0) is 6.42 Å². The van der Waals surface area contributed by atoms with Gasteiger partial charge in [0.1, 0.15) is 16.4 Å². The first-order valence-electron chi connectivity index (χ1n) is 5.95. The van der Waals surface area contributed by atoms with Crippen LogP contribution < -0.4 is 5.56 Å². The molecule has 3 aromatic rings. The largest absolute Gasteiger partial charge is 0.446 e. The molecule has 0 amide bonds. The van der Waals surface area contributed by atoms with Crippen molar-refractivity contribution >= 4 is 21.6 Å². The molecule has 0 aliphatic heterocycles. The number of aromatic amines is 1. The van der Waals surface area contributed by atoms with Crippen LogP contribution in [0.15, 0.2) is 15.4 Å². The maximum atomic E-state index is 12.1. The van der Waals surface area contributed by atoms with Gasteiger partial charge in [-0.15, -0.1) is 11.3 Å². The number of nitrogens with one attached hydrogen (secondary N) is 1. The van der Waals surface area contributed by atoms with E-state index in [0.29, 0.717) is 29.3 Å². The Bertz CT molecular complexity index is 813. The van der Waals surface area contributed by atoms with E-state index < -0.39 is 0 Å². The summed E-state index contributed by atoms with van der Waals surface area (Å²) in [5.74, 6) is 1.92. The SMILES string of the molecule is Cc1ncc(Cc2nc3sc(C)c(C)c3c(=O)[nH]2)o1. The van der Waals surface area contributed by atoms with Gasteiger partial charge in [-0.3, -0.25) is 4.79 Å². The van der Waals surface area contributed by atoms with Crippen LogP contribution in [0.25, 0.3) is 10.2 Å². The number of thiophene rings is 1. The normalized spacial score (nSPS) is 11.3. The Morgan fingerprint density at radius 2 is 2.16 bits per heavy atom. The van der Waals surface area contributed by atoms with Crippen molar-refractivity contribution in [1.82, 2.24) is 15.0 Å². The monoisotopic (exact) mass is 275 g/mol. The van der Waals surface area contributed by atoms with E-state index in [-0.39, 0.29) is 5.56 Å². The number of fused-ring (bicyclic) bond motifs is 1. The van der Waals surface area contributed by atoms with Crippen LogP contribution in [0.1, 0.15) is 27.9 Å². The fraction of sp³-hybridized carbons (Fsp3) is 0.308. The zero-order chi connectivity index (χ0) is 13.6. The summed E-state index contributed by atoms with van der Waals surface area (Å²) in [5.41, 5.74) is 0.925. The van der Waals surface area contributed by atoms with Crippen molar-refractivity contribution in [2.75, 3.05) is 0 Å². The molecular formula is C13H13N3O2S. The van der Waals surface area contributed by atoms with Crippen molar-refractivity contribution < 1.29 is 4.42 Å². The predicted octanol–water partition coefficient (Wildman–Crippen LogP) is 2.49. The molecule has 0 bridgehead atoms. The maximum absolute atomic E-state index is 12.1. The van der Waals surface area contributed by atoms with Crippen molar-refractivity contribution in [2.24, 2.45) is 0 Å². The zero-order valence-electron chi connectivity index (χ0n) is 10.9. The summed E-state index contributed by atoms with van der Waals surface area (Å²) in [6, 6.07) is 0. The van der Waals surface area contributed by atoms with Crippen LogP contribution in [0.3, 0.4) is 0 Å². The second-order valence-electron chi connectivity index (χ2n) is 4.50. The van der Waals surface area contributed by atoms with Gasteiger partial charge in [-0.1, -0.05) is 0 Å². The Kier molecular flexibility index (Phi) is 2.74. The van der Waals surface area contributed by atoms with E-state index in [1.54, 1.807) is 24.5 Å². The van der Waals surface area contributed by atoms with E-state index >= 15 is 0 Å². The van der Waals surface area contributed by atoms with Gasteiger partial charge in [-0.2, -0.15) is 0 Å². The molecule has 0 unspecified atom stereocenters. The van der Waals surface area contributed by atoms with E-state index in [1.807, 2.05) is 13.8 Å². The maximum Gasteiger partial charge on any atom is 0.259 e. The summed E-state index contributed by atoms with van der Waals surface area (Å²) in [5, 5.41) is 0.694. The third kappa shape index (κ3) is 2.08. The molecule has 98 valence electrons. The standard InChI is InChI=1S/C13H13N3O2S/c1-6-7(2)19-13-11(6)12(17)15-10(16-13)4-9-5-14-8(3)18-9/h5H,4H2,1-3H3,(H,15,16,17). The quantitative estimate of drug-likeness (QED) is 0.780. The first-order valence-corrected chi connectivity index (χ1v) is 6.76. The van der Waals surface area contributed by atoms with E-state index in [4.69, 9.17) is 4.42 Å². The minimum absolute atomic E-state index is 0.0851. The lowest BCUT2D eigenvalue weighted by Crippen LogP contribution is -2.11.